The molecule has 5 rings (SSSR count). The molecule has 0 spiro atoms. The van der Waals surface area contributed by atoms with E-state index in [2.05, 4.69) is 22.1 Å². The summed E-state index contributed by atoms with van der Waals surface area (Å²) in [4.78, 5) is 33.4. The number of carbonyl (C=O) groups excluding carboxylic acids is 1. The molecule has 3 aromatic rings. The van der Waals surface area contributed by atoms with E-state index < -0.39 is 11.0 Å². The first-order chi connectivity index (χ1) is 13.6. The van der Waals surface area contributed by atoms with E-state index in [0.717, 1.165) is 17.5 Å². The number of piperidine rings is 1. The first kappa shape index (κ1) is 16.6. The number of nitrogens with zero attached hydrogens (tertiary/aromatic N) is 4. The highest BCUT2D eigenvalue weighted by atomic mass is 16.6. The Morgan fingerprint density at radius 3 is 2.14 bits per heavy atom. The number of carbonyl (C=O) groups is 1. The number of amides is 1. The Labute approximate surface area is 159 Å². The Bertz CT molecular complexity index is 1050. The summed E-state index contributed by atoms with van der Waals surface area (Å²) < 4.78 is 5.43. The summed E-state index contributed by atoms with van der Waals surface area (Å²) in [7, 11) is 0. The lowest BCUT2D eigenvalue weighted by molar-refractivity contribution is -0.384. The van der Waals surface area contributed by atoms with E-state index in [1.54, 1.807) is 17.3 Å². The van der Waals surface area contributed by atoms with Crippen molar-refractivity contribution in [3.63, 3.8) is 0 Å². The van der Waals surface area contributed by atoms with Crippen molar-refractivity contribution < 1.29 is 14.5 Å². The van der Waals surface area contributed by atoms with Crippen molar-refractivity contribution in [1.29, 1.82) is 0 Å². The van der Waals surface area contributed by atoms with Gasteiger partial charge in [-0.2, -0.15) is 0 Å². The van der Waals surface area contributed by atoms with Crippen LogP contribution in [0, 0.1) is 10.1 Å². The molecule has 2 atom stereocenters. The molecule has 1 aliphatic carbocycles. The lowest BCUT2D eigenvalue weighted by Crippen LogP contribution is -2.41. The number of fused-ring (bicyclic) bond motifs is 6. The molecule has 1 amide bonds. The predicted octanol–water partition coefficient (Wildman–Crippen LogP) is 3.62. The number of ether oxygens (including phenoxy) is 1. The van der Waals surface area contributed by atoms with Crippen LogP contribution in [-0.2, 0) is 0 Å². The first-order valence-electron chi connectivity index (χ1n) is 9.04. The Morgan fingerprint density at radius 2 is 1.61 bits per heavy atom. The van der Waals surface area contributed by atoms with Crippen molar-refractivity contribution in [2.24, 2.45) is 0 Å². The number of hydrogen-bond acceptors (Lipinski definition) is 6. The molecule has 2 aliphatic rings. The molecule has 0 saturated carbocycles. The number of likely N-dealkylation sites (tertiary alicyclic amines) is 1. The van der Waals surface area contributed by atoms with Crippen LogP contribution in [0.2, 0.25) is 0 Å². The molecular formula is C20H16N4O4. The van der Waals surface area contributed by atoms with Gasteiger partial charge in [-0.15, -0.1) is 0 Å². The molecule has 28 heavy (non-hydrogen) atoms. The number of non-ortho nitro benzene ring substituents is 1. The molecular weight excluding hydrogens is 360 g/mol. The van der Waals surface area contributed by atoms with Gasteiger partial charge in [0.1, 0.15) is 5.75 Å². The minimum absolute atomic E-state index is 0.0412. The zero-order chi connectivity index (χ0) is 19.3. The van der Waals surface area contributed by atoms with Gasteiger partial charge in [0.05, 0.1) is 16.0 Å². The molecule has 1 saturated heterocycles. The van der Waals surface area contributed by atoms with E-state index in [1.165, 1.54) is 35.4 Å². The minimum Gasteiger partial charge on any atom is -0.410 e. The fourth-order valence-electron chi connectivity index (χ4n) is 4.25. The lowest BCUT2D eigenvalue weighted by Gasteiger charge is -2.31. The zero-order valence-electron chi connectivity index (χ0n) is 14.8. The number of rotatable bonds is 2. The van der Waals surface area contributed by atoms with E-state index >= 15 is 0 Å². The van der Waals surface area contributed by atoms with Crippen molar-refractivity contribution in [3.8, 4) is 5.75 Å². The van der Waals surface area contributed by atoms with Gasteiger partial charge in [0.25, 0.3) is 5.69 Å². The second-order valence-electron chi connectivity index (χ2n) is 7.18. The van der Waals surface area contributed by atoms with Crippen LogP contribution in [0.3, 0.4) is 0 Å². The van der Waals surface area contributed by atoms with Crippen LogP contribution in [0.4, 0.5) is 10.5 Å². The molecule has 1 aromatic heterocycles. The topological polar surface area (TPSA) is 98.5 Å². The molecule has 2 heterocycles. The van der Waals surface area contributed by atoms with Gasteiger partial charge in [-0.25, -0.2) is 4.79 Å². The number of benzene rings is 2. The summed E-state index contributed by atoms with van der Waals surface area (Å²) in [6.07, 6.45) is 3.94. The molecule has 8 heteroatoms. The van der Waals surface area contributed by atoms with E-state index in [1.807, 2.05) is 0 Å². The van der Waals surface area contributed by atoms with Gasteiger partial charge in [-0.05, 0) is 41.8 Å². The first-order valence-corrected chi connectivity index (χ1v) is 9.04. The van der Waals surface area contributed by atoms with Crippen molar-refractivity contribution in [2.45, 2.75) is 18.3 Å². The molecule has 0 N–H and O–H groups in total. The van der Waals surface area contributed by atoms with Gasteiger partial charge in [-0.3, -0.25) is 20.1 Å². The van der Waals surface area contributed by atoms with E-state index in [4.69, 9.17) is 4.74 Å². The molecule has 2 aromatic carbocycles. The molecule has 2 bridgehead atoms. The maximum absolute atomic E-state index is 12.6. The Hall–Kier alpha value is -3.55. The largest absolute Gasteiger partial charge is 0.415 e. The third-order valence-electron chi connectivity index (χ3n) is 5.52. The number of nitro groups is 1. The maximum Gasteiger partial charge on any atom is 0.415 e. The van der Waals surface area contributed by atoms with Crippen molar-refractivity contribution in [2.75, 3.05) is 13.1 Å². The second kappa shape index (κ2) is 6.26. The third kappa shape index (κ3) is 2.74. The van der Waals surface area contributed by atoms with Gasteiger partial charge in [0.2, 0.25) is 0 Å². The fraction of sp³-hybridized carbons (Fsp3) is 0.250. The number of hydrogen-bond donors (Lipinski definition) is 0. The average molecular weight is 376 g/mol. The standard InChI is InChI=1S/C20H16N4O4/c25-20(28-15-3-1-14(2-4-15)24(26)27)23-10-12-7-13(11-23)17-9-19-18(8-16(12)17)21-5-6-22-19/h1-6,8-9,12-13H,7,10-11H2/t12-,13-/m1/s1. The van der Waals surface area contributed by atoms with Crippen LogP contribution in [0.25, 0.3) is 11.0 Å². The predicted molar refractivity (Wildman–Crippen MR) is 100 cm³/mol. The molecule has 1 fully saturated rings. The number of aromatic nitrogens is 2. The Morgan fingerprint density at radius 1 is 1.04 bits per heavy atom. The van der Waals surface area contributed by atoms with E-state index in [9.17, 15) is 14.9 Å². The van der Waals surface area contributed by atoms with Crippen LogP contribution in [0.15, 0.2) is 48.8 Å². The summed E-state index contributed by atoms with van der Waals surface area (Å²) >= 11 is 0. The van der Waals surface area contributed by atoms with Gasteiger partial charge in [0, 0.05) is 49.5 Å². The van der Waals surface area contributed by atoms with E-state index in [-0.39, 0.29) is 17.5 Å². The van der Waals surface area contributed by atoms with Crippen molar-refractivity contribution in [3.05, 3.63) is 70.0 Å². The Balaban J connectivity index is 1.35. The van der Waals surface area contributed by atoms with Crippen LogP contribution in [0.5, 0.6) is 5.75 Å². The fourth-order valence-corrected chi connectivity index (χ4v) is 4.25. The van der Waals surface area contributed by atoms with Gasteiger partial charge in [-0.1, -0.05) is 0 Å². The summed E-state index contributed by atoms with van der Waals surface area (Å²) in [5, 5.41) is 10.7. The number of nitro benzene ring substituents is 1. The monoisotopic (exact) mass is 376 g/mol. The summed E-state index contributed by atoms with van der Waals surface area (Å²) in [5.41, 5.74) is 4.18. The molecule has 0 unspecified atom stereocenters. The SMILES string of the molecule is O=C(Oc1ccc([N+](=O)[O-])cc1)N1C[C@H]2C[C@H](C1)c1cc3nccnc3cc12. The molecule has 140 valence electrons. The van der Waals surface area contributed by atoms with Crippen LogP contribution in [-0.4, -0.2) is 39.0 Å². The van der Waals surface area contributed by atoms with Crippen molar-refractivity contribution in [1.82, 2.24) is 14.9 Å². The van der Waals surface area contributed by atoms with Crippen LogP contribution in [0.1, 0.15) is 29.4 Å². The minimum atomic E-state index is -0.487. The van der Waals surface area contributed by atoms with Gasteiger partial charge >= 0.3 is 6.09 Å². The zero-order valence-corrected chi connectivity index (χ0v) is 14.8. The smallest absolute Gasteiger partial charge is 0.410 e. The highest BCUT2D eigenvalue weighted by molar-refractivity contribution is 5.78. The maximum atomic E-state index is 12.6. The van der Waals surface area contributed by atoms with E-state index in [0.29, 0.717) is 18.8 Å². The summed E-state index contributed by atoms with van der Waals surface area (Å²) in [5.74, 6) is 0.805. The van der Waals surface area contributed by atoms with Crippen molar-refractivity contribution >= 4 is 22.8 Å². The summed E-state index contributed by atoms with van der Waals surface area (Å²) in [6, 6.07) is 9.70. The van der Waals surface area contributed by atoms with Gasteiger partial charge in [0.15, 0.2) is 0 Å². The van der Waals surface area contributed by atoms with Crippen LogP contribution < -0.4 is 4.74 Å². The average Bonchev–Trinajstić information content (AvgIpc) is 2.96. The second-order valence-corrected chi connectivity index (χ2v) is 7.18. The Kier molecular flexibility index (Phi) is 3.71. The normalized spacial score (nSPS) is 20.1. The van der Waals surface area contributed by atoms with Gasteiger partial charge < -0.3 is 9.64 Å². The quantitative estimate of drug-likeness (QED) is 0.500. The highest BCUT2D eigenvalue weighted by Gasteiger charge is 2.40. The lowest BCUT2D eigenvalue weighted by atomic mass is 9.96. The van der Waals surface area contributed by atoms with Crippen LogP contribution >= 0.6 is 0 Å². The highest BCUT2D eigenvalue weighted by Crippen LogP contribution is 2.47. The molecule has 1 aliphatic heterocycles. The molecule has 8 nitrogen and oxygen atoms in total. The third-order valence-corrected chi connectivity index (χ3v) is 5.52. The summed E-state index contributed by atoms with van der Waals surface area (Å²) in [6.45, 7) is 1.17. The molecule has 0 radical (unpaired) electrons.